The highest BCUT2D eigenvalue weighted by Gasteiger charge is 2.29. The first kappa shape index (κ1) is 21.0. The molecule has 10 heteroatoms. The summed E-state index contributed by atoms with van der Waals surface area (Å²) in [5.41, 5.74) is 2.61. The average molecular weight is 471 g/mol. The Morgan fingerprint density at radius 3 is 2.34 bits per heavy atom. The van der Waals surface area contributed by atoms with Gasteiger partial charge in [0.25, 0.3) is 5.91 Å². The number of fused-ring (bicyclic) bond motifs is 1. The molecule has 5 rings (SSSR count). The number of aromatic nitrogens is 2. The number of nitrogens with zero attached hydrogens (tertiary/aromatic N) is 3. The summed E-state index contributed by atoms with van der Waals surface area (Å²) in [7, 11) is -4.57. The van der Waals surface area contributed by atoms with Gasteiger partial charge in [0.15, 0.2) is 0 Å². The topological polar surface area (TPSA) is 101 Å². The first-order valence-corrected chi connectivity index (χ1v) is 13.3. The number of anilines is 1. The lowest BCUT2D eigenvalue weighted by Gasteiger charge is -2.15. The Morgan fingerprint density at radius 1 is 0.969 bits per heavy atom. The lowest BCUT2D eigenvalue weighted by Crippen LogP contribution is -2.27. The van der Waals surface area contributed by atoms with Gasteiger partial charge in [-0.15, -0.1) is 0 Å². The van der Waals surface area contributed by atoms with Gasteiger partial charge in [-0.3, -0.25) is 9.00 Å². The smallest absolute Gasteiger partial charge is 0.256 e. The molecular formula is C22H22N4O4S2. The fourth-order valence-electron chi connectivity index (χ4n) is 4.05. The fourth-order valence-corrected chi connectivity index (χ4v) is 6.83. The highest BCUT2D eigenvalue weighted by atomic mass is 32.2. The molecule has 32 heavy (non-hydrogen) atoms. The Labute approximate surface area is 188 Å². The van der Waals surface area contributed by atoms with Crippen molar-refractivity contribution < 1.29 is 17.4 Å². The average Bonchev–Trinajstić information content (AvgIpc) is 3.53. The van der Waals surface area contributed by atoms with Gasteiger partial charge in [-0.25, -0.2) is 13.1 Å². The fraction of sp³-hybridized carbons (Fsp3) is 0.273. The van der Waals surface area contributed by atoms with Crippen LogP contribution in [0, 0.1) is 0 Å². The molecule has 1 N–H and O–H groups in total. The van der Waals surface area contributed by atoms with Crippen molar-refractivity contribution in [3.8, 4) is 5.69 Å². The molecule has 0 spiro atoms. The van der Waals surface area contributed by atoms with Gasteiger partial charge in [0.2, 0.25) is 10.0 Å². The number of para-hydroxylation sites is 1. The van der Waals surface area contributed by atoms with Crippen molar-refractivity contribution in [3.63, 3.8) is 0 Å². The molecule has 2 aliphatic rings. The molecular weight excluding hydrogens is 448 g/mol. The molecule has 2 aromatic carbocycles. The van der Waals surface area contributed by atoms with Gasteiger partial charge in [0.05, 0.1) is 27.8 Å². The molecule has 0 saturated carbocycles. The number of carbonyl (C=O) groups is 1. The van der Waals surface area contributed by atoms with E-state index in [9.17, 15) is 17.4 Å². The molecule has 0 radical (unpaired) electrons. The minimum Gasteiger partial charge on any atom is -0.306 e. The van der Waals surface area contributed by atoms with Gasteiger partial charge in [-0.05, 0) is 49.2 Å². The molecule has 3 aromatic rings. The second kappa shape index (κ2) is 8.27. The van der Waals surface area contributed by atoms with Gasteiger partial charge < -0.3 is 5.32 Å². The van der Waals surface area contributed by atoms with Crippen LogP contribution in [0.1, 0.15) is 34.5 Å². The molecule has 1 aromatic heterocycles. The molecule has 0 aliphatic carbocycles. The van der Waals surface area contributed by atoms with Crippen molar-refractivity contribution in [1.29, 1.82) is 0 Å². The lowest BCUT2D eigenvalue weighted by atomic mass is 10.2. The first-order valence-electron chi connectivity index (χ1n) is 10.4. The summed E-state index contributed by atoms with van der Waals surface area (Å²) in [6.07, 6.45) is 1.73. The van der Waals surface area contributed by atoms with Crippen LogP contribution in [0.25, 0.3) is 5.69 Å². The Balaban J connectivity index is 1.43. The van der Waals surface area contributed by atoms with E-state index in [2.05, 4.69) is 10.4 Å². The van der Waals surface area contributed by atoms with Crippen LogP contribution in [0.5, 0.6) is 0 Å². The number of sulfonamides is 1. The molecule has 1 saturated heterocycles. The number of benzene rings is 2. The maximum Gasteiger partial charge on any atom is 0.256 e. The normalized spacial score (nSPS) is 18.6. The van der Waals surface area contributed by atoms with Crippen molar-refractivity contribution in [2.24, 2.45) is 0 Å². The van der Waals surface area contributed by atoms with E-state index in [1.165, 1.54) is 28.6 Å². The number of amides is 1. The summed E-state index contributed by atoms with van der Waals surface area (Å²) in [4.78, 5) is 13.2. The van der Waals surface area contributed by atoms with E-state index in [1.807, 2.05) is 30.3 Å². The molecule has 166 valence electrons. The molecule has 0 bridgehead atoms. The van der Waals surface area contributed by atoms with Crippen molar-refractivity contribution in [2.75, 3.05) is 18.4 Å². The second-order valence-electron chi connectivity index (χ2n) is 7.84. The second-order valence-corrected chi connectivity index (χ2v) is 11.2. The van der Waals surface area contributed by atoms with Crippen molar-refractivity contribution in [1.82, 2.24) is 14.1 Å². The van der Waals surface area contributed by atoms with Crippen molar-refractivity contribution in [3.05, 3.63) is 71.4 Å². The zero-order valence-corrected chi connectivity index (χ0v) is 18.9. The SMILES string of the molecule is O=C(Nc1c2c(nn1-c1ccccc1)C[S@@](=O)C2)c1ccc(S(=O)(=O)N2CCCC2)cc1. The summed E-state index contributed by atoms with van der Waals surface area (Å²) in [5.74, 6) is 0.815. The van der Waals surface area contributed by atoms with Crippen LogP contribution in [0.4, 0.5) is 5.82 Å². The molecule has 1 amide bonds. The molecule has 8 nitrogen and oxygen atoms in total. The molecule has 2 aliphatic heterocycles. The van der Waals surface area contributed by atoms with E-state index in [0.717, 1.165) is 29.8 Å². The van der Waals surface area contributed by atoms with Gasteiger partial charge in [-0.1, -0.05) is 18.2 Å². The van der Waals surface area contributed by atoms with E-state index in [-0.39, 0.29) is 10.8 Å². The Morgan fingerprint density at radius 2 is 1.66 bits per heavy atom. The number of hydrogen-bond acceptors (Lipinski definition) is 5. The number of rotatable bonds is 5. The van der Waals surface area contributed by atoms with E-state index < -0.39 is 20.8 Å². The first-order chi connectivity index (χ1) is 15.4. The van der Waals surface area contributed by atoms with E-state index >= 15 is 0 Å². The van der Waals surface area contributed by atoms with Crippen LogP contribution in [0.15, 0.2) is 59.5 Å². The summed E-state index contributed by atoms with van der Waals surface area (Å²) >= 11 is 0. The number of nitrogens with one attached hydrogen (secondary N) is 1. The maximum absolute atomic E-state index is 13.0. The largest absolute Gasteiger partial charge is 0.306 e. The number of carbonyl (C=O) groups excluding carboxylic acids is 1. The zero-order valence-electron chi connectivity index (χ0n) is 17.2. The van der Waals surface area contributed by atoms with Gasteiger partial charge in [0.1, 0.15) is 5.82 Å². The summed E-state index contributed by atoms with van der Waals surface area (Å²) < 4.78 is 40.6. The lowest BCUT2D eigenvalue weighted by molar-refractivity contribution is 0.102. The maximum atomic E-state index is 13.0. The van der Waals surface area contributed by atoms with E-state index in [0.29, 0.717) is 36.0 Å². The quantitative estimate of drug-likeness (QED) is 0.618. The molecule has 0 unspecified atom stereocenters. The molecule has 3 heterocycles. The third-order valence-corrected chi connectivity index (χ3v) is 8.84. The van der Waals surface area contributed by atoms with Crippen molar-refractivity contribution >= 4 is 32.5 Å². The van der Waals surface area contributed by atoms with Crippen LogP contribution >= 0.6 is 0 Å². The minimum atomic E-state index is -3.53. The molecule has 1 atom stereocenters. The van der Waals surface area contributed by atoms with Gasteiger partial charge in [0, 0.05) is 35.0 Å². The predicted octanol–water partition coefficient (Wildman–Crippen LogP) is 2.67. The highest BCUT2D eigenvalue weighted by molar-refractivity contribution is 7.89. The monoisotopic (exact) mass is 470 g/mol. The van der Waals surface area contributed by atoms with Gasteiger partial charge >= 0.3 is 0 Å². The van der Waals surface area contributed by atoms with E-state index in [4.69, 9.17) is 0 Å². The van der Waals surface area contributed by atoms with Gasteiger partial charge in [-0.2, -0.15) is 9.40 Å². The Bertz CT molecular complexity index is 1300. The van der Waals surface area contributed by atoms with Crippen LogP contribution in [0.2, 0.25) is 0 Å². The number of hydrogen-bond donors (Lipinski definition) is 1. The van der Waals surface area contributed by atoms with Crippen LogP contribution < -0.4 is 5.32 Å². The standard InChI is InChI=1S/C22H22N4O4S2/c27-22(16-8-10-18(11-9-16)32(29,30)25-12-4-5-13-25)23-21-19-14-31(28)15-20(19)24-26(21)17-6-2-1-3-7-17/h1-3,6-11H,4-5,12-15H2,(H,23,27)/t31-/m0/s1. The third kappa shape index (κ3) is 3.78. The van der Waals surface area contributed by atoms with Crippen LogP contribution in [-0.2, 0) is 32.3 Å². The minimum absolute atomic E-state index is 0.182. The summed E-state index contributed by atoms with van der Waals surface area (Å²) in [6.45, 7) is 1.06. The summed E-state index contributed by atoms with van der Waals surface area (Å²) in [5, 5.41) is 7.48. The van der Waals surface area contributed by atoms with Crippen molar-refractivity contribution in [2.45, 2.75) is 29.2 Å². The van der Waals surface area contributed by atoms with Crippen LogP contribution in [-0.4, -0.2) is 45.7 Å². The van der Waals surface area contributed by atoms with E-state index in [1.54, 1.807) is 4.68 Å². The molecule has 1 fully saturated rings. The summed E-state index contributed by atoms with van der Waals surface area (Å²) in [6, 6.07) is 15.4. The third-order valence-electron chi connectivity index (χ3n) is 5.72. The van der Waals surface area contributed by atoms with Crippen LogP contribution in [0.3, 0.4) is 0 Å². The Kier molecular flexibility index (Phi) is 5.44. The zero-order chi connectivity index (χ0) is 22.3. The Hall–Kier alpha value is -2.82. The highest BCUT2D eigenvalue weighted by Crippen LogP contribution is 2.31. The predicted molar refractivity (Wildman–Crippen MR) is 122 cm³/mol.